The minimum atomic E-state index is -1.85. The van der Waals surface area contributed by atoms with Gasteiger partial charge >= 0.3 is 11.9 Å². The molecule has 1 aliphatic carbocycles. The first-order valence-corrected chi connectivity index (χ1v) is 12.0. The lowest BCUT2D eigenvalue weighted by molar-refractivity contribution is -0.148. The highest BCUT2D eigenvalue weighted by molar-refractivity contribution is 6.29. The highest BCUT2D eigenvalue weighted by Crippen LogP contribution is 2.52. The molecule has 0 N–H and O–H groups in total. The van der Waals surface area contributed by atoms with E-state index in [4.69, 9.17) is 19.2 Å². The highest BCUT2D eigenvalue weighted by Gasteiger charge is 2.64. The molecule has 2 aliphatic heterocycles. The van der Waals surface area contributed by atoms with Crippen molar-refractivity contribution >= 4 is 29.4 Å². The molecule has 1 atom stereocenters. The maximum atomic E-state index is 13.8. The largest absolute Gasteiger partial charge is 0.459 e. The normalized spacial score (nSPS) is 23.8. The van der Waals surface area contributed by atoms with Gasteiger partial charge in [0.15, 0.2) is 0 Å². The summed E-state index contributed by atoms with van der Waals surface area (Å²) in [6, 6.07) is 7.02. The first-order valence-electron chi connectivity index (χ1n) is 12.0. The fraction of sp³-hybridized carbons (Fsp3) is 0.538. The molecule has 8 nitrogen and oxygen atoms in total. The Morgan fingerprint density at radius 3 is 2.29 bits per heavy atom. The third-order valence-corrected chi connectivity index (χ3v) is 6.28. The van der Waals surface area contributed by atoms with Crippen LogP contribution < -0.4 is 4.90 Å². The predicted octanol–water partition coefficient (Wildman–Crippen LogP) is 3.82. The van der Waals surface area contributed by atoms with Crippen LogP contribution in [0.15, 0.2) is 40.4 Å². The van der Waals surface area contributed by atoms with Gasteiger partial charge in [0, 0.05) is 12.6 Å². The second-order valence-electron chi connectivity index (χ2n) is 9.55. The number of amides is 1. The van der Waals surface area contributed by atoms with Gasteiger partial charge in [-0.15, -0.1) is 0 Å². The van der Waals surface area contributed by atoms with Crippen LogP contribution in [0.2, 0.25) is 0 Å². The monoisotopic (exact) mass is 468 g/mol. The van der Waals surface area contributed by atoms with Crippen molar-refractivity contribution in [3.63, 3.8) is 0 Å². The van der Waals surface area contributed by atoms with Crippen molar-refractivity contribution in [1.29, 1.82) is 0 Å². The lowest BCUT2D eigenvalue weighted by Crippen LogP contribution is -2.43. The van der Waals surface area contributed by atoms with Crippen molar-refractivity contribution in [2.24, 2.45) is 4.99 Å². The second kappa shape index (κ2) is 9.24. The number of hydrogen-bond acceptors (Lipinski definition) is 7. The van der Waals surface area contributed by atoms with E-state index in [0.29, 0.717) is 11.3 Å². The van der Waals surface area contributed by atoms with E-state index in [1.54, 1.807) is 59.0 Å². The molecule has 1 saturated carbocycles. The smallest absolute Gasteiger partial charge is 0.344 e. The van der Waals surface area contributed by atoms with E-state index in [-0.39, 0.29) is 23.1 Å². The number of carbonyl (C=O) groups excluding carboxylic acids is 3. The number of likely N-dealkylation sites (N-methyl/N-ethyl adjacent to an activating group) is 1. The molecule has 8 heteroatoms. The van der Waals surface area contributed by atoms with Crippen molar-refractivity contribution in [3.05, 3.63) is 41.0 Å². The Bertz CT molecular complexity index is 1070. The third kappa shape index (κ3) is 3.99. The second-order valence-corrected chi connectivity index (χ2v) is 9.55. The Balaban J connectivity index is 1.97. The number of anilines is 1. The standard InChI is InChI=1S/C26H32N2O6/c1-15(2)32-23(29)20-21(24(30)33-16(3)4)26(34-22(20)27-17-11-7-6-8-12-17)18-13-9-10-14-19(18)28(5)25(26)31/h9-10,13-17H,6-8,11-12H2,1-5H3. The lowest BCUT2D eigenvalue weighted by Gasteiger charge is -2.26. The Hall–Kier alpha value is -3.16. The number of esters is 2. The summed E-state index contributed by atoms with van der Waals surface area (Å²) in [7, 11) is 1.62. The average molecular weight is 469 g/mol. The summed E-state index contributed by atoms with van der Waals surface area (Å²) in [4.78, 5) is 46.9. The lowest BCUT2D eigenvalue weighted by atomic mass is 9.85. The maximum Gasteiger partial charge on any atom is 0.344 e. The van der Waals surface area contributed by atoms with Crippen molar-refractivity contribution < 1.29 is 28.6 Å². The zero-order chi connectivity index (χ0) is 24.6. The molecule has 4 rings (SSSR count). The van der Waals surface area contributed by atoms with Gasteiger partial charge in [0.25, 0.3) is 5.91 Å². The van der Waals surface area contributed by atoms with E-state index in [1.807, 2.05) is 0 Å². The van der Waals surface area contributed by atoms with Gasteiger partial charge in [0.2, 0.25) is 11.5 Å². The summed E-state index contributed by atoms with van der Waals surface area (Å²) in [5.74, 6) is -2.05. The van der Waals surface area contributed by atoms with Gasteiger partial charge in [-0.3, -0.25) is 4.79 Å². The molecule has 1 unspecified atom stereocenters. The Labute approximate surface area is 200 Å². The van der Waals surface area contributed by atoms with Crippen LogP contribution in [-0.4, -0.2) is 49.0 Å². The third-order valence-electron chi connectivity index (χ3n) is 6.28. The van der Waals surface area contributed by atoms with Gasteiger partial charge in [-0.1, -0.05) is 37.5 Å². The molecule has 0 radical (unpaired) electrons. The van der Waals surface area contributed by atoms with Crippen molar-refractivity contribution in [1.82, 2.24) is 0 Å². The molecule has 182 valence electrons. The number of nitrogens with zero attached hydrogens (tertiary/aromatic N) is 2. The predicted molar refractivity (Wildman–Crippen MR) is 126 cm³/mol. The van der Waals surface area contributed by atoms with Crippen molar-refractivity contribution in [2.45, 2.75) is 83.6 Å². The SMILES string of the molecule is CC(C)OC(=O)C1=C(C(=O)OC(C)C)C2(OC1=NC1CCCCC1)C(=O)N(C)c1ccccc12. The molecule has 3 aliphatic rings. The van der Waals surface area contributed by atoms with E-state index in [9.17, 15) is 14.4 Å². The Morgan fingerprint density at radius 1 is 1.03 bits per heavy atom. The number of hydrogen-bond donors (Lipinski definition) is 0. The van der Waals surface area contributed by atoms with Crippen LogP contribution in [0, 0.1) is 0 Å². The fourth-order valence-corrected chi connectivity index (χ4v) is 4.84. The van der Waals surface area contributed by atoms with Crippen LogP contribution in [0.1, 0.15) is 65.4 Å². The Kier molecular flexibility index (Phi) is 6.51. The first kappa shape index (κ1) is 24.0. The molecule has 1 spiro atoms. The maximum absolute atomic E-state index is 13.8. The van der Waals surface area contributed by atoms with Gasteiger partial charge in [0.05, 0.1) is 23.9 Å². The molecule has 1 fully saturated rings. The van der Waals surface area contributed by atoms with Crippen LogP contribution in [0.4, 0.5) is 5.69 Å². The summed E-state index contributed by atoms with van der Waals surface area (Å²) in [5.41, 5.74) is -1.07. The fourth-order valence-electron chi connectivity index (χ4n) is 4.84. The molecule has 2 heterocycles. The summed E-state index contributed by atoms with van der Waals surface area (Å²) >= 11 is 0. The van der Waals surface area contributed by atoms with Crippen molar-refractivity contribution in [2.75, 3.05) is 11.9 Å². The van der Waals surface area contributed by atoms with Crippen LogP contribution in [0.3, 0.4) is 0 Å². The number of carbonyl (C=O) groups is 3. The van der Waals surface area contributed by atoms with E-state index >= 15 is 0 Å². The number of para-hydroxylation sites is 1. The number of benzene rings is 1. The zero-order valence-electron chi connectivity index (χ0n) is 20.4. The quantitative estimate of drug-likeness (QED) is 0.610. The van der Waals surface area contributed by atoms with Crippen LogP contribution in [-0.2, 0) is 34.2 Å². The molecule has 0 aromatic heterocycles. The van der Waals surface area contributed by atoms with Gasteiger partial charge in [0.1, 0.15) is 11.1 Å². The Morgan fingerprint density at radius 2 is 1.65 bits per heavy atom. The summed E-state index contributed by atoms with van der Waals surface area (Å²) in [6.45, 7) is 6.86. The van der Waals surface area contributed by atoms with E-state index < -0.39 is 35.7 Å². The molecule has 34 heavy (non-hydrogen) atoms. The summed E-state index contributed by atoms with van der Waals surface area (Å²) in [5, 5.41) is 0. The number of ether oxygens (including phenoxy) is 3. The minimum absolute atomic E-state index is 0.0216. The zero-order valence-corrected chi connectivity index (χ0v) is 20.4. The average Bonchev–Trinajstić information content (AvgIpc) is 3.23. The number of fused-ring (bicyclic) bond motifs is 2. The molecule has 1 aromatic rings. The van der Waals surface area contributed by atoms with Gasteiger partial charge in [-0.05, 0) is 46.6 Å². The van der Waals surface area contributed by atoms with E-state index in [0.717, 1.165) is 32.1 Å². The van der Waals surface area contributed by atoms with Crippen LogP contribution in [0.25, 0.3) is 0 Å². The number of rotatable bonds is 5. The highest BCUT2D eigenvalue weighted by atomic mass is 16.6. The minimum Gasteiger partial charge on any atom is -0.459 e. The van der Waals surface area contributed by atoms with Gasteiger partial charge in [-0.25, -0.2) is 14.6 Å². The molecular formula is C26H32N2O6. The molecule has 1 amide bonds. The molecular weight excluding hydrogens is 436 g/mol. The van der Waals surface area contributed by atoms with Crippen LogP contribution >= 0.6 is 0 Å². The van der Waals surface area contributed by atoms with Gasteiger partial charge in [-0.2, -0.15) is 0 Å². The summed E-state index contributed by atoms with van der Waals surface area (Å²) in [6.07, 6.45) is 3.97. The molecule has 0 saturated heterocycles. The van der Waals surface area contributed by atoms with Gasteiger partial charge < -0.3 is 19.1 Å². The van der Waals surface area contributed by atoms with Crippen LogP contribution in [0.5, 0.6) is 0 Å². The summed E-state index contributed by atoms with van der Waals surface area (Å²) < 4.78 is 17.4. The van der Waals surface area contributed by atoms with E-state index in [1.165, 1.54) is 4.90 Å². The molecule has 0 bridgehead atoms. The molecule has 1 aromatic carbocycles. The number of aliphatic imine (C=N–C) groups is 1. The topological polar surface area (TPSA) is 94.5 Å². The van der Waals surface area contributed by atoms with Crippen molar-refractivity contribution in [3.8, 4) is 0 Å². The van der Waals surface area contributed by atoms with E-state index in [2.05, 4.69) is 0 Å². The first-order chi connectivity index (χ1) is 16.2.